The highest BCUT2D eigenvalue weighted by molar-refractivity contribution is 7.11. The topological polar surface area (TPSA) is 43.4 Å². The van der Waals surface area contributed by atoms with E-state index < -0.39 is 0 Å². The summed E-state index contributed by atoms with van der Waals surface area (Å²) in [6, 6.07) is 6.03. The van der Waals surface area contributed by atoms with Gasteiger partial charge in [-0.2, -0.15) is 0 Å². The second-order valence-electron chi connectivity index (χ2n) is 4.37. The van der Waals surface area contributed by atoms with Crippen LogP contribution >= 0.6 is 11.3 Å². The van der Waals surface area contributed by atoms with Gasteiger partial charge in [-0.25, -0.2) is 4.98 Å². The second-order valence-corrected chi connectivity index (χ2v) is 5.56. The number of aryl methyl sites for hydroxylation is 1. The maximum Gasteiger partial charge on any atom is 0.231 e. The summed E-state index contributed by atoms with van der Waals surface area (Å²) in [4.78, 5) is 5.72. The Labute approximate surface area is 116 Å². The van der Waals surface area contributed by atoms with Crippen LogP contribution in [0.25, 0.3) is 0 Å². The first kappa shape index (κ1) is 12.4. The third-order valence-electron chi connectivity index (χ3n) is 2.99. The molecule has 0 bridgehead atoms. The molecule has 1 aromatic carbocycles. The number of fused-ring (bicyclic) bond motifs is 1. The van der Waals surface area contributed by atoms with Crippen molar-refractivity contribution in [1.82, 2.24) is 10.3 Å². The fourth-order valence-corrected chi connectivity index (χ4v) is 2.79. The predicted octanol–water partition coefficient (Wildman–Crippen LogP) is 2.72. The van der Waals surface area contributed by atoms with E-state index in [4.69, 9.17) is 9.47 Å². The van der Waals surface area contributed by atoms with Crippen LogP contribution in [0.1, 0.15) is 22.4 Å². The number of nitrogens with one attached hydrogen (secondary N) is 1. The molecule has 0 saturated carbocycles. The van der Waals surface area contributed by atoms with Gasteiger partial charge < -0.3 is 14.8 Å². The normalized spacial score (nSPS) is 12.9. The number of rotatable bonds is 5. The van der Waals surface area contributed by atoms with Crippen LogP contribution in [-0.2, 0) is 19.5 Å². The van der Waals surface area contributed by atoms with Crippen molar-refractivity contribution in [3.05, 3.63) is 39.8 Å². The molecule has 0 amide bonds. The summed E-state index contributed by atoms with van der Waals surface area (Å²) in [5, 5.41) is 4.53. The summed E-state index contributed by atoms with van der Waals surface area (Å²) in [5.74, 6) is 1.66. The molecule has 1 aliphatic heterocycles. The Hall–Kier alpha value is -1.59. The minimum atomic E-state index is 0.325. The van der Waals surface area contributed by atoms with E-state index in [-0.39, 0.29) is 0 Å². The maximum atomic E-state index is 5.36. The first-order chi connectivity index (χ1) is 9.35. The van der Waals surface area contributed by atoms with Gasteiger partial charge in [-0.15, -0.1) is 11.3 Å². The Morgan fingerprint density at radius 2 is 2.16 bits per heavy atom. The molecular weight excluding hydrogens is 260 g/mol. The zero-order chi connectivity index (χ0) is 13.1. The van der Waals surface area contributed by atoms with Crippen LogP contribution in [0.3, 0.4) is 0 Å². The molecule has 0 saturated heterocycles. The molecule has 19 heavy (non-hydrogen) atoms. The van der Waals surface area contributed by atoms with Crippen LogP contribution < -0.4 is 14.8 Å². The van der Waals surface area contributed by atoms with Gasteiger partial charge in [-0.1, -0.05) is 13.0 Å². The highest BCUT2D eigenvalue weighted by Gasteiger charge is 2.12. The zero-order valence-corrected chi connectivity index (χ0v) is 11.6. The standard InChI is InChI=1S/C14H16N2O2S/c1-2-11-7-16-14(19-11)8-15-6-10-3-4-12-13(5-10)18-9-17-12/h3-5,7,15H,2,6,8-9H2,1H3. The van der Waals surface area contributed by atoms with E-state index >= 15 is 0 Å². The minimum absolute atomic E-state index is 0.325. The van der Waals surface area contributed by atoms with E-state index in [2.05, 4.69) is 23.3 Å². The average molecular weight is 276 g/mol. The SMILES string of the molecule is CCc1cnc(CNCc2ccc3c(c2)OCO3)s1. The largest absolute Gasteiger partial charge is 0.454 e. The molecule has 1 N–H and O–H groups in total. The second kappa shape index (κ2) is 5.59. The lowest BCUT2D eigenvalue weighted by molar-refractivity contribution is 0.174. The molecule has 2 heterocycles. The number of hydrogen-bond acceptors (Lipinski definition) is 5. The van der Waals surface area contributed by atoms with Gasteiger partial charge in [-0.3, -0.25) is 0 Å². The van der Waals surface area contributed by atoms with Crippen LogP contribution in [0.4, 0.5) is 0 Å². The smallest absolute Gasteiger partial charge is 0.231 e. The van der Waals surface area contributed by atoms with E-state index in [1.54, 1.807) is 11.3 Å². The van der Waals surface area contributed by atoms with Crippen molar-refractivity contribution < 1.29 is 9.47 Å². The van der Waals surface area contributed by atoms with Gasteiger partial charge in [-0.05, 0) is 24.1 Å². The van der Waals surface area contributed by atoms with Crippen molar-refractivity contribution in [1.29, 1.82) is 0 Å². The Balaban J connectivity index is 1.54. The molecule has 1 aromatic heterocycles. The van der Waals surface area contributed by atoms with E-state index in [9.17, 15) is 0 Å². The molecule has 5 heteroatoms. The lowest BCUT2D eigenvalue weighted by atomic mass is 10.2. The molecule has 100 valence electrons. The van der Waals surface area contributed by atoms with Crippen molar-refractivity contribution in [3.63, 3.8) is 0 Å². The number of thiazole rings is 1. The molecule has 4 nitrogen and oxygen atoms in total. The van der Waals surface area contributed by atoms with Gasteiger partial charge in [0.25, 0.3) is 0 Å². The van der Waals surface area contributed by atoms with Gasteiger partial charge in [0.15, 0.2) is 11.5 Å². The summed E-state index contributed by atoms with van der Waals surface area (Å²) in [6.07, 6.45) is 3.02. The summed E-state index contributed by atoms with van der Waals surface area (Å²) in [5.41, 5.74) is 1.19. The molecule has 1 aliphatic rings. The van der Waals surface area contributed by atoms with E-state index in [0.29, 0.717) is 6.79 Å². The number of benzene rings is 1. The van der Waals surface area contributed by atoms with Gasteiger partial charge >= 0.3 is 0 Å². The van der Waals surface area contributed by atoms with Crippen molar-refractivity contribution in [2.24, 2.45) is 0 Å². The molecule has 0 radical (unpaired) electrons. The zero-order valence-electron chi connectivity index (χ0n) is 10.8. The van der Waals surface area contributed by atoms with E-state index in [1.165, 1.54) is 10.4 Å². The van der Waals surface area contributed by atoms with Gasteiger partial charge in [0.2, 0.25) is 6.79 Å². The summed E-state index contributed by atoms with van der Waals surface area (Å²) >= 11 is 1.77. The predicted molar refractivity (Wildman–Crippen MR) is 74.6 cm³/mol. The van der Waals surface area contributed by atoms with Gasteiger partial charge in [0.1, 0.15) is 5.01 Å². The van der Waals surface area contributed by atoms with E-state index in [0.717, 1.165) is 36.0 Å². The fraction of sp³-hybridized carbons (Fsp3) is 0.357. The summed E-state index contributed by atoms with van der Waals surface area (Å²) in [6.45, 7) is 4.08. The molecule has 0 unspecified atom stereocenters. The first-order valence-corrected chi connectivity index (χ1v) is 7.19. The van der Waals surface area contributed by atoms with Crippen LogP contribution in [0.15, 0.2) is 24.4 Å². The minimum Gasteiger partial charge on any atom is -0.454 e. The van der Waals surface area contributed by atoms with Crippen LogP contribution in [0.2, 0.25) is 0 Å². The molecule has 0 aliphatic carbocycles. The van der Waals surface area contributed by atoms with Crippen LogP contribution in [-0.4, -0.2) is 11.8 Å². The number of hydrogen-bond donors (Lipinski definition) is 1. The number of nitrogens with zero attached hydrogens (tertiary/aromatic N) is 1. The summed E-state index contributed by atoms with van der Waals surface area (Å²) < 4.78 is 10.7. The lowest BCUT2D eigenvalue weighted by Crippen LogP contribution is -2.12. The Morgan fingerprint density at radius 3 is 3.00 bits per heavy atom. The third kappa shape index (κ3) is 2.88. The summed E-state index contributed by atoms with van der Waals surface area (Å²) in [7, 11) is 0. The number of ether oxygens (including phenoxy) is 2. The van der Waals surface area contributed by atoms with E-state index in [1.807, 2.05) is 18.3 Å². The van der Waals surface area contributed by atoms with Crippen molar-refractivity contribution in [3.8, 4) is 11.5 Å². The number of aromatic nitrogens is 1. The van der Waals surface area contributed by atoms with Crippen molar-refractivity contribution in [2.45, 2.75) is 26.4 Å². The Morgan fingerprint density at radius 1 is 1.26 bits per heavy atom. The molecule has 2 aromatic rings. The molecule has 3 rings (SSSR count). The fourth-order valence-electron chi connectivity index (χ4n) is 1.96. The maximum absolute atomic E-state index is 5.36. The van der Waals surface area contributed by atoms with Crippen molar-refractivity contribution in [2.75, 3.05) is 6.79 Å². The molecular formula is C14H16N2O2S. The quantitative estimate of drug-likeness (QED) is 0.912. The highest BCUT2D eigenvalue weighted by atomic mass is 32.1. The van der Waals surface area contributed by atoms with Gasteiger partial charge in [0, 0.05) is 24.2 Å². The lowest BCUT2D eigenvalue weighted by Gasteiger charge is -2.04. The third-order valence-corrected chi connectivity index (χ3v) is 4.13. The molecule has 0 spiro atoms. The van der Waals surface area contributed by atoms with Crippen LogP contribution in [0.5, 0.6) is 11.5 Å². The molecule has 0 atom stereocenters. The Bertz CT molecular complexity index is 568. The monoisotopic (exact) mass is 276 g/mol. The van der Waals surface area contributed by atoms with Crippen LogP contribution in [0, 0.1) is 0 Å². The molecule has 0 fully saturated rings. The average Bonchev–Trinajstić information content (AvgIpc) is 3.06. The Kier molecular flexibility index (Phi) is 3.66. The first-order valence-electron chi connectivity index (χ1n) is 6.38. The van der Waals surface area contributed by atoms with Crippen molar-refractivity contribution >= 4 is 11.3 Å². The van der Waals surface area contributed by atoms with Gasteiger partial charge in [0.05, 0.1) is 0 Å². The highest BCUT2D eigenvalue weighted by Crippen LogP contribution is 2.32.